The highest BCUT2D eigenvalue weighted by Gasteiger charge is 2.14. The number of unbranched alkanes of at least 4 members (excludes halogenated alkanes) is 1. The second-order valence-electron chi connectivity index (χ2n) is 7.07. The fourth-order valence-electron chi connectivity index (χ4n) is 3.50. The van der Waals surface area contributed by atoms with Gasteiger partial charge in [0.05, 0.1) is 0 Å². The quantitative estimate of drug-likeness (QED) is 0.439. The summed E-state index contributed by atoms with van der Waals surface area (Å²) in [6.07, 6.45) is 10.3. The Balaban J connectivity index is 1.37. The molecule has 0 aliphatic carbocycles. The van der Waals surface area contributed by atoms with Gasteiger partial charge in [0.1, 0.15) is 0 Å². The number of rotatable bonds is 7. The van der Waals surface area contributed by atoms with Crippen LogP contribution < -0.4 is 21.3 Å². The van der Waals surface area contributed by atoms with Crippen LogP contribution in [0.4, 0.5) is 0 Å². The van der Waals surface area contributed by atoms with Gasteiger partial charge >= 0.3 is 0 Å². The number of hydrogen-bond acceptors (Lipinski definition) is 6. The molecule has 140 valence electrons. The highest BCUT2D eigenvalue weighted by atomic mass is 32.2. The van der Waals surface area contributed by atoms with Crippen LogP contribution in [0.2, 0.25) is 0 Å². The third kappa shape index (κ3) is 6.87. The molecule has 1 aromatic heterocycles. The van der Waals surface area contributed by atoms with Gasteiger partial charge in [-0.25, -0.2) is 0 Å². The Morgan fingerprint density at radius 2 is 1.80 bits per heavy atom. The fourth-order valence-corrected chi connectivity index (χ4v) is 4.44. The van der Waals surface area contributed by atoms with Crippen molar-refractivity contribution in [3.63, 3.8) is 0 Å². The standard InChI is InChI=1S/C19H33N5S/c1(5-17-13-20-6-3-8-23-17)2-10-25-18-11-16(12-22-14-18)19-15-21-7-4-9-24-19/h11-12,14,17,19-21,23-24H,1-10,13,15H2. The molecule has 1 aromatic rings. The fraction of sp³-hybridized carbons (Fsp3) is 0.737. The van der Waals surface area contributed by atoms with E-state index < -0.39 is 0 Å². The molecule has 0 aromatic carbocycles. The van der Waals surface area contributed by atoms with Crippen molar-refractivity contribution >= 4 is 11.8 Å². The van der Waals surface area contributed by atoms with E-state index in [-0.39, 0.29) is 0 Å². The Hall–Kier alpha value is -0.660. The van der Waals surface area contributed by atoms with Crippen LogP contribution >= 0.6 is 11.8 Å². The molecule has 5 nitrogen and oxygen atoms in total. The first-order chi connectivity index (χ1) is 12.4. The summed E-state index contributed by atoms with van der Waals surface area (Å²) < 4.78 is 0. The average Bonchev–Trinajstić information content (AvgIpc) is 3.07. The molecule has 3 rings (SSSR count). The Morgan fingerprint density at radius 1 is 0.960 bits per heavy atom. The summed E-state index contributed by atoms with van der Waals surface area (Å²) in [6, 6.07) is 3.37. The maximum Gasteiger partial charge on any atom is 0.0462 e. The molecule has 2 saturated heterocycles. The van der Waals surface area contributed by atoms with Crippen LogP contribution in [0.3, 0.4) is 0 Å². The van der Waals surface area contributed by atoms with Crippen molar-refractivity contribution in [2.24, 2.45) is 0 Å². The highest BCUT2D eigenvalue weighted by molar-refractivity contribution is 7.99. The van der Waals surface area contributed by atoms with Gasteiger partial charge in [-0.3, -0.25) is 4.98 Å². The number of aromatic nitrogens is 1. The van der Waals surface area contributed by atoms with Gasteiger partial charge in [0.2, 0.25) is 0 Å². The number of nitrogens with zero attached hydrogens (tertiary/aromatic N) is 1. The van der Waals surface area contributed by atoms with Crippen LogP contribution in [0.15, 0.2) is 23.4 Å². The summed E-state index contributed by atoms with van der Waals surface area (Å²) in [5, 5.41) is 14.3. The SMILES string of the molecule is c1ncc(C2CNCCCN2)cc1SCCCCC1CNCCCN1. The molecule has 0 spiro atoms. The average molecular weight is 364 g/mol. The summed E-state index contributed by atoms with van der Waals surface area (Å²) in [6.45, 7) is 6.64. The van der Waals surface area contributed by atoms with Crippen molar-refractivity contribution in [2.75, 3.05) is 45.0 Å². The predicted molar refractivity (Wildman–Crippen MR) is 106 cm³/mol. The largest absolute Gasteiger partial charge is 0.315 e. The molecule has 2 fully saturated rings. The van der Waals surface area contributed by atoms with Crippen molar-refractivity contribution in [3.8, 4) is 0 Å². The molecule has 0 radical (unpaired) electrons. The summed E-state index contributed by atoms with van der Waals surface area (Å²) >= 11 is 1.95. The van der Waals surface area contributed by atoms with Crippen molar-refractivity contribution < 1.29 is 0 Å². The van der Waals surface area contributed by atoms with Crippen molar-refractivity contribution in [3.05, 3.63) is 24.0 Å². The van der Waals surface area contributed by atoms with Gasteiger partial charge in [0.25, 0.3) is 0 Å². The molecule has 25 heavy (non-hydrogen) atoms. The summed E-state index contributed by atoms with van der Waals surface area (Å²) in [4.78, 5) is 5.77. The molecule has 2 aliphatic heterocycles. The van der Waals surface area contributed by atoms with Gasteiger partial charge in [-0.2, -0.15) is 0 Å². The topological polar surface area (TPSA) is 61.0 Å². The van der Waals surface area contributed by atoms with Gasteiger partial charge in [0.15, 0.2) is 0 Å². The predicted octanol–water partition coefficient (Wildman–Crippen LogP) is 1.92. The van der Waals surface area contributed by atoms with Gasteiger partial charge in [-0.05, 0) is 69.2 Å². The van der Waals surface area contributed by atoms with Crippen molar-refractivity contribution in [1.29, 1.82) is 0 Å². The normalized spacial score (nSPS) is 25.3. The highest BCUT2D eigenvalue weighted by Crippen LogP contribution is 2.23. The Labute approximate surface area is 156 Å². The van der Waals surface area contributed by atoms with Crippen LogP contribution in [-0.2, 0) is 0 Å². The lowest BCUT2D eigenvalue weighted by molar-refractivity contribution is 0.478. The molecular formula is C19H33N5S. The lowest BCUT2D eigenvalue weighted by Gasteiger charge is -2.17. The molecule has 6 heteroatoms. The second kappa shape index (κ2) is 11.1. The molecular weight excluding hydrogens is 330 g/mol. The molecule has 2 unspecified atom stereocenters. The minimum absolute atomic E-state index is 0.393. The van der Waals surface area contributed by atoms with Crippen molar-refractivity contribution in [1.82, 2.24) is 26.3 Å². The lowest BCUT2D eigenvalue weighted by atomic mass is 10.1. The molecule has 0 bridgehead atoms. The molecule has 0 saturated carbocycles. The summed E-state index contributed by atoms with van der Waals surface area (Å²) in [7, 11) is 0. The van der Waals surface area contributed by atoms with Gasteiger partial charge < -0.3 is 21.3 Å². The van der Waals surface area contributed by atoms with Crippen LogP contribution in [0.25, 0.3) is 0 Å². The smallest absolute Gasteiger partial charge is 0.0462 e. The Kier molecular flexibility index (Phi) is 8.51. The van der Waals surface area contributed by atoms with E-state index >= 15 is 0 Å². The van der Waals surface area contributed by atoms with Gasteiger partial charge in [-0.1, -0.05) is 6.42 Å². The molecule has 4 N–H and O–H groups in total. The molecule has 0 amide bonds. The lowest BCUT2D eigenvalue weighted by Crippen LogP contribution is -2.35. The van der Waals surface area contributed by atoms with Gasteiger partial charge in [-0.15, -0.1) is 11.8 Å². The zero-order chi connectivity index (χ0) is 17.2. The number of pyridine rings is 1. The van der Waals surface area contributed by atoms with E-state index in [1.807, 2.05) is 24.2 Å². The Bertz CT molecular complexity index is 482. The number of hydrogen-bond donors (Lipinski definition) is 4. The second-order valence-corrected chi connectivity index (χ2v) is 8.24. The van der Waals surface area contributed by atoms with E-state index in [4.69, 9.17) is 0 Å². The minimum Gasteiger partial charge on any atom is -0.315 e. The number of nitrogens with one attached hydrogen (secondary N) is 4. The molecule has 2 aliphatic rings. The maximum atomic E-state index is 4.47. The maximum absolute atomic E-state index is 4.47. The van der Waals surface area contributed by atoms with E-state index in [1.54, 1.807) is 0 Å². The zero-order valence-electron chi connectivity index (χ0n) is 15.2. The van der Waals surface area contributed by atoms with E-state index in [1.165, 1.54) is 48.3 Å². The monoisotopic (exact) mass is 363 g/mol. The van der Waals surface area contributed by atoms with Crippen molar-refractivity contribution in [2.45, 2.75) is 49.1 Å². The molecule has 2 atom stereocenters. The third-order valence-electron chi connectivity index (χ3n) is 4.98. The van der Waals surface area contributed by atoms with Crippen LogP contribution in [-0.4, -0.2) is 56.0 Å². The van der Waals surface area contributed by atoms with Crippen LogP contribution in [0.5, 0.6) is 0 Å². The zero-order valence-corrected chi connectivity index (χ0v) is 16.0. The first-order valence-corrected chi connectivity index (χ1v) is 10.9. The van der Waals surface area contributed by atoms with E-state index in [2.05, 4.69) is 32.3 Å². The first kappa shape index (κ1) is 19.1. The minimum atomic E-state index is 0.393. The summed E-state index contributed by atoms with van der Waals surface area (Å²) in [5.41, 5.74) is 1.31. The van der Waals surface area contributed by atoms with Gasteiger partial charge in [0, 0.05) is 42.5 Å². The Morgan fingerprint density at radius 3 is 2.72 bits per heavy atom. The van der Waals surface area contributed by atoms with E-state index in [0.717, 1.165) is 39.3 Å². The number of thioether (sulfide) groups is 1. The van der Waals surface area contributed by atoms with E-state index in [9.17, 15) is 0 Å². The third-order valence-corrected chi connectivity index (χ3v) is 6.03. The van der Waals surface area contributed by atoms with Crippen LogP contribution in [0, 0.1) is 0 Å². The molecule has 3 heterocycles. The van der Waals surface area contributed by atoms with Crippen LogP contribution in [0.1, 0.15) is 43.7 Å². The summed E-state index contributed by atoms with van der Waals surface area (Å²) in [5.74, 6) is 1.18. The van der Waals surface area contributed by atoms with E-state index in [0.29, 0.717) is 12.1 Å². The first-order valence-electron chi connectivity index (χ1n) is 9.88.